The van der Waals surface area contributed by atoms with Gasteiger partial charge in [-0.2, -0.15) is 0 Å². The van der Waals surface area contributed by atoms with Crippen LogP contribution in [0.2, 0.25) is 0 Å². The second kappa shape index (κ2) is 6.14. The molecule has 0 bridgehead atoms. The zero-order valence-corrected chi connectivity index (χ0v) is 11.1. The smallest absolute Gasteiger partial charge is 0.0933 e. The van der Waals surface area contributed by atoms with E-state index in [1.165, 1.54) is 19.3 Å². The minimum atomic E-state index is 0.0145. The van der Waals surface area contributed by atoms with Crippen LogP contribution in [0.25, 0.3) is 0 Å². The van der Waals surface area contributed by atoms with Gasteiger partial charge in [0.15, 0.2) is 0 Å². The van der Waals surface area contributed by atoms with E-state index in [2.05, 4.69) is 24.2 Å². The lowest BCUT2D eigenvalue weighted by atomic mass is 10.0. The van der Waals surface area contributed by atoms with Gasteiger partial charge in [0.1, 0.15) is 0 Å². The van der Waals surface area contributed by atoms with Gasteiger partial charge in [-0.05, 0) is 32.7 Å². The van der Waals surface area contributed by atoms with Crippen molar-refractivity contribution in [2.75, 3.05) is 33.4 Å². The Kier molecular flexibility index (Phi) is 4.79. The van der Waals surface area contributed by atoms with Gasteiger partial charge in [-0.3, -0.25) is 4.90 Å². The number of morpholine rings is 1. The molecule has 4 atom stereocenters. The highest BCUT2D eigenvalue weighted by Gasteiger charge is 2.32. The van der Waals surface area contributed by atoms with Crippen LogP contribution in [0, 0.1) is 5.92 Å². The molecule has 0 radical (unpaired) electrons. The van der Waals surface area contributed by atoms with E-state index in [1.807, 2.05) is 0 Å². The van der Waals surface area contributed by atoms with Gasteiger partial charge in [0.25, 0.3) is 0 Å². The third-order valence-corrected chi connectivity index (χ3v) is 4.34. The number of rotatable bonds is 4. The summed E-state index contributed by atoms with van der Waals surface area (Å²) in [6.07, 6.45) is 4.00. The summed E-state index contributed by atoms with van der Waals surface area (Å²) in [6.45, 7) is 5.14. The van der Waals surface area contributed by atoms with Gasteiger partial charge in [-0.15, -0.1) is 0 Å². The summed E-state index contributed by atoms with van der Waals surface area (Å²) < 4.78 is 5.58. The van der Waals surface area contributed by atoms with Gasteiger partial charge in [0, 0.05) is 25.2 Å². The Hall–Kier alpha value is -0.160. The molecule has 1 aliphatic heterocycles. The standard InChI is InChI=1S/C13H26N2O2/c1-10-9-17-12(8-16)7-15(10)6-11-4-3-5-13(11)14-2/h10-14,16H,3-9H2,1-2H3. The maximum Gasteiger partial charge on any atom is 0.0933 e. The molecule has 0 spiro atoms. The lowest BCUT2D eigenvalue weighted by Gasteiger charge is -2.39. The van der Waals surface area contributed by atoms with Crippen molar-refractivity contribution in [1.29, 1.82) is 0 Å². The van der Waals surface area contributed by atoms with E-state index < -0.39 is 0 Å². The highest BCUT2D eigenvalue weighted by Crippen LogP contribution is 2.27. The van der Waals surface area contributed by atoms with E-state index in [0.29, 0.717) is 12.1 Å². The molecule has 0 aromatic carbocycles. The van der Waals surface area contributed by atoms with Crippen molar-refractivity contribution in [3.63, 3.8) is 0 Å². The zero-order chi connectivity index (χ0) is 12.3. The lowest BCUT2D eigenvalue weighted by molar-refractivity contribution is -0.0819. The summed E-state index contributed by atoms with van der Waals surface area (Å²) in [5.41, 5.74) is 0. The van der Waals surface area contributed by atoms with E-state index >= 15 is 0 Å². The molecule has 17 heavy (non-hydrogen) atoms. The molecule has 1 saturated heterocycles. The Morgan fingerprint density at radius 3 is 2.94 bits per heavy atom. The Labute approximate surface area is 104 Å². The fraction of sp³-hybridized carbons (Fsp3) is 1.00. The molecule has 2 N–H and O–H groups in total. The fourth-order valence-electron chi connectivity index (χ4n) is 3.18. The molecule has 2 aliphatic rings. The topological polar surface area (TPSA) is 44.7 Å². The maximum atomic E-state index is 9.19. The Balaban J connectivity index is 1.87. The molecule has 4 heteroatoms. The normalized spacial score (nSPS) is 39.7. The molecule has 4 nitrogen and oxygen atoms in total. The molecule has 100 valence electrons. The third-order valence-electron chi connectivity index (χ3n) is 4.34. The van der Waals surface area contributed by atoms with Gasteiger partial charge in [-0.1, -0.05) is 6.42 Å². The summed E-state index contributed by atoms with van der Waals surface area (Å²) >= 11 is 0. The first kappa shape index (κ1) is 13.3. The molecular formula is C13H26N2O2. The lowest BCUT2D eigenvalue weighted by Crippen LogP contribution is -2.52. The number of hydrogen-bond acceptors (Lipinski definition) is 4. The SMILES string of the molecule is CNC1CCCC1CN1CC(CO)OCC1C. The van der Waals surface area contributed by atoms with Gasteiger partial charge < -0.3 is 15.2 Å². The van der Waals surface area contributed by atoms with Crippen LogP contribution < -0.4 is 5.32 Å². The number of hydrogen-bond donors (Lipinski definition) is 2. The summed E-state index contributed by atoms with van der Waals surface area (Å²) in [5, 5.41) is 12.6. The Morgan fingerprint density at radius 2 is 2.24 bits per heavy atom. The van der Waals surface area contributed by atoms with E-state index in [-0.39, 0.29) is 12.7 Å². The van der Waals surface area contributed by atoms with Crippen molar-refractivity contribution >= 4 is 0 Å². The van der Waals surface area contributed by atoms with Crippen LogP contribution in [0.1, 0.15) is 26.2 Å². The average molecular weight is 242 g/mol. The predicted molar refractivity (Wildman–Crippen MR) is 68.0 cm³/mol. The molecule has 1 aliphatic carbocycles. The van der Waals surface area contributed by atoms with Crippen molar-refractivity contribution in [2.24, 2.45) is 5.92 Å². The molecule has 2 fully saturated rings. The molecule has 2 rings (SSSR count). The number of aliphatic hydroxyl groups excluding tert-OH is 1. The average Bonchev–Trinajstić information content (AvgIpc) is 2.79. The number of ether oxygens (including phenoxy) is 1. The van der Waals surface area contributed by atoms with Gasteiger partial charge in [0.05, 0.1) is 19.3 Å². The van der Waals surface area contributed by atoms with E-state index in [0.717, 1.165) is 25.6 Å². The van der Waals surface area contributed by atoms with Crippen LogP contribution >= 0.6 is 0 Å². The zero-order valence-electron chi connectivity index (χ0n) is 11.1. The molecule has 0 aromatic heterocycles. The summed E-state index contributed by atoms with van der Waals surface area (Å²) in [6, 6.07) is 1.16. The van der Waals surface area contributed by atoms with E-state index in [1.54, 1.807) is 0 Å². The summed E-state index contributed by atoms with van der Waals surface area (Å²) in [7, 11) is 2.07. The Morgan fingerprint density at radius 1 is 1.41 bits per heavy atom. The van der Waals surface area contributed by atoms with Crippen LogP contribution in [0.3, 0.4) is 0 Å². The number of aliphatic hydroxyl groups is 1. The van der Waals surface area contributed by atoms with E-state index in [4.69, 9.17) is 4.74 Å². The van der Waals surface area contributed by atoms with Gasteiger partial charge in [0.2, 0.25) is 0 Å². The third kappa shape index (κ3) is 3.19. The first-order chi connectivity index (χ1) is 8.24. The summed E-state index contributed by atoms with van der Waals surface area (Å²) in [4.78, 5) is 2.49. The number of nitrogens with one attached hydrogen (secondary N) is 1. The molecule has 0 aromatic rings. The minimum Gasteiger partial charge on any atom is -0.394 e. The fourth-order valence-corrected chi connectivity index (χ4v) is 3.18. The monoisotopic (exact) mass is 242 g/mol. The summed E-state index contributed by atoms with van der Waals surface area (Å²) in [5.74, 6) is 0.764. The highest BCUT2D eigenvalue weighted by atomic mass is 16.5. The van der Waals surface area contributed by atoms with Gasteiger partial charge >= 0.3 is 0 Å². The van der Waals surface area contributed by atoms with Crippen LogP contribution in [0.15, 0.2) is 0 Å². The van der Waals surface area contributed by atoms with Crippen LogP contribution in [0.5, 0.6) is 0 Å². The first-order valence-corrected chi connectivity index (χ1v) is 6.88. The van der Waals surface area contributed by atoms with Crippen LogP contribution in [-0.2, 0) is 4.74 Å². The molecule has 1 saturated carbocycles. The quantitative estimate of drug-likeness (QED) is 0.751. The van der Waals surface area contributed by atoms with Crippen molar-refractivity contribution in [3.8, 4) is 0 Å². The first-order valence-electron chi connectivity index (χ1n) is 6.88. The molecule has 1 heterocycles. The largest absolute Gasteiger partial charge is 0.394 e. The molecular weight excluding hydrogens is 216 g/mol. The second-order valence-corrected chi connectivity index (χ2v) is 5.53. The second-order valence-electron chi connectivity index (χ2n) is 5.53. The molecule has 4 unspecified atom stereocenters. The van der Waals surface area contributed by atoms with Crippen molar-refractivity contribution in [3.05, 3.63) is 0 Å². The molecule has 0 amide bonds. The predicted octanol–water partition coefficient (Wildman–Crippen LogP) is 0.456. The highest BCUT2D eigenvalue weighted by molar-refractivity contribution is 4.87. The minimum absolute atomic E-state index is 0.0145. The van der Waals surface area contributed by atoms with Crippen molar-refractivity contribution in [1.82, 2.24) is 10.2 Å². The van der Waals surface area contributed by atoms with Crippen molar-refractivity contribution < 1.29 is 9.84 Å². The van der Waals surface area contributed by atoms with Crippen molar-refractivity contribution in [2.45, 2.75) is 44.4 Å². The van der Waals surface area contributed by atoms with E-state index in [9.17, 15) is 5.11 Å². The van der Waals surface area contributed by atoms with Crippen LogP contribution in [-0.4, -0.2) is 61.5 Å². The maximum absolute atomic E-state index is 9.19. The number of nitrogens with zero attached hydrogens (tertiary/aromatic N) is 1. The Bertz CT molecular complexity index is 237. The van der Waals surface area contributed by atoms with Crippen LogP contribution in [0.4, 0.5) is 0 Å². The van der Waals surface area contributed by atoms with Gasteiger partial charge in [-0.25, -0.2) is 0 Å².